The van der Waals surface area contributed by atoms with Gasteiger partial charge in [0.2, 0.25) is 0 Å². The minimum absolute atomic E-state index is 0.332. The van der Waals surface area contributed by atoms with E-state index in [1.807, 2.05) is 13.0 Å². The van der Waals surface area contributed by atoms with Crippen LogP contribution in [-0.4, -0.2) is 5.11 Å². The van der Waals surface area contributed by atoms with Gasteiger partial charge in [-0.25, -0.2) is 0 Å². The number of aromatic hydroxyl groups is 1. The first-order chi connectivity index (χ1) is 4.20. The lowest BCUT2D eigenvalue weighted by Crippen LogP contribution is -1.93. The maximum Gasteiger partial charge on any atom is 0.115 e. The molecule has 2 heteroatoms. The van der Waals surface area contributed by atoms with E-state index in [0.29, 0.717) is 5.75 Å². The number of aryl methyl sites for hydroxylation is 1. The van der Waals surface area contributed by atoms with Crippen molar-refractivity contribution < 1.29 is 5.11 Å². The first-order valence-corrected chi connectivity index (χ1v) is 3.33. The van der Waals surface area contributed by atoms with E-state index in [2.05, 4.69) is 9.24 Å². The Morgan fingerprint density at radius 1 is 1.44 bits per heavy atom. The molecule has 0 saturated carbocycles. The summed E-state index contributed by atoms with van der Waals surface area (Å²) < 4.78 is 0. The van der Waals surface area contributed by atoms with Gasteiger partial charge in [-0.15, -0.1) is 9.24 Å². The van der Waals surface area contributed by atoms with E-state index in [-0.39, 0.29) is 0 Å². The van der Waals surface area contributed by atoms with Gasteiger partial charge in [0.15, 0.2) is 0 Å². The second-order valence-corrected chi connectivity index (χ2v) is 2.66. The van der Waals surface area contributed by atoms with Crippen LogP contribution in [0.4, 0.5) is 0 Å². The molecule has 48 valence electrons. The van der Waals surface area contributed by atoms with Crippen molar-refractivity contribution in [3.05, 3.63) is 23.8 Å². The minimum Gasteiger partial charge on any atom is -0.508 e. The molecule has 1 nitrogen and oxygen atoms in total. The van der Waals surface area contributed by atoms with Crippen molar-refractivity contribution >= 4 is 14.5 Å². The van der Waals surface area contributed by atoms with Crippen LogP contribution in [0.2, 0.25) is 0 Å². The lowest BCUT2D eigenvalue weighted by Gasteiger charge is -1.97. The van der Waals surface area contributed by atoms with Gasteiger partial charge in [-0.05, 0) is 29.9 Å². The lowest BCUT2D eigenvalue weighted by atomic mass is 10.2. The Morgan fingerprint density at radius 3 is 2.56 bits per heavy atom. The molecule has 9 heavy (non-hydrogen) atoms. The molecule has 0 radical (unpaired) electrons. The summed E-state index contributed by atoms with van der Waals surface area (Å²) in [5, 5.41) is 10.1. The summed E-state index contributed by atoms with van der Waals surface area (Å²) in [5.41, 5.74) is 1.10. The fourth-order valence-corrected chi connectivity index (χ4v) is 0.839. The SMILES string of the molecule is Cc1cc(O)ccc1P. The van der Waals surface area contributed by atoms with Gasteiger partial charge in [-0.3, -0.25) is 0 Å². The summed E-state index contributed by atoms with van der Waals surface area (Å²) >= 11 is 0. The Hall–Kier alpha value is -0.550. The highest BCUT2D eigenvalue weighted by Crippen LogP contribution is 2.09. The zero-order chi connectivity index (χ0) is 6.85. The molecule has 0 fully saturated rings. The topological polar surface area (TPSA) is 20.2 Å². The molecule has 0 spiro atoms. The first-order valence-electron chi connectivity index (χ1n) is 2.75. The molecule has 1 unspecified atom stereocenters. The van der Waals surface area contributed by atoms with Gasteiger partial charge in [0, 0.05) is 0 Å². The predicted molar refractivity (Wildman–Crippen MR) is 42.2 cm³/mol. The van der Waals surface area contributed by atoms with Crippen LogP contribution in [0.3, 0.4) is 0 Å². The molecule has 1 aromatic rings. The van der Waals surface area contributed by atoms with E-state index in [1.165, 1.54) is 0 Å². The fourth-order valence-electron chi connectivity index (χ4n) is 0.660. The molecular weight excluding hydrogens is 131 g/mol. The standard InChI is InChI=1S/C7H9OP/c1-5-4-6(8)2-3-7(5)9/h2-4,8H,9H2,1H3. The molecule has 1 aromatic carbocycles. The Kier molecular flexibility index (Phi) is 1.73. The predicted octanol–water partition coefficient (Wildman–Crippen LogP) is 1.20. The number of phenols is 1. The Morgan fingerprint density at radius 2 is 2.11 bits per heavy atom. The van der Waals surface area contributed by atoms with Crippen molar-refractivity contribution in [3.63, 3.8) is 0 Å². The van der Waals surface area contributed by atoms with Crippen LogP contribution < -0.4 is 5.30 Å². The maximum absolute atomic E-state index is 8.93. The van der Waals surface area contributed by atoms with Crippen LogP contribution in [0.15, 0.2) is 18.2 Å². The van der Waals surface area contributed by atoms with E-state index in [4.69, 9.17) is 5.11 Å². The van der Waals surface area contributed by atoms with E-state index in [0.717, 1.165) is 10.9 Å². The third-order valence-electron chi connectivity index (χ3n) is 1.25. The molecule has 0 amide bonds. The summed E-state index contributed by atoms with van der Waals surface area (Å²) in [6.07, 6.45) is 0. The van der Waals surface area contributed by atoms with Gasteiger partial charge in [0.1, 0.15) is 5.75 Å². The van der Waals surface area contributed by atoms with Crippen LogP contribution in [0.5, 0.6) is 5.75 Å². The van der Waals surface area contributed by atoms with Crippen molar-refractivity contribution in [2.75, 3.05) is 0 Å². The van der Waals surface area contributed by atoms with Crippen LogP contribution in [-0.2, 0) is 0 Å². The lowest BCUT2D eigenvalue weighted by molar-refractivity contribution is 0.475. The summed E-state index contributed by atoms with van der Waals surface area (Å²) in [7, 11) is 2.60. The quantitative estimate of drug-likeness (QED) is 0.537. The summed E-state index contributed by atoms with van der Waals surface area (Å²) in [4.78, 5) is 0. The van der Waals surface area contributed by atoms with Crippen LogP contribution in [0.1, 0.15) is 5.56 Å². The molecule has 0 aliphatic carbocycles. The van der Waals surface area contributed by atoms with Crippen LogP contribution in [0, 0.1) is 6.92 Å². The highest BCUT2D eigenvalue weighted by atomic mass is 31.0. The van der Waals surface area contributed by atoms with E-state index in [1.54, 1.807) is 12.1 Å². The number of hydrogen-bond acceptors (Lipinski definition) is 1. The molecule has 0 heterocycles. The Balaban J connectivity index is 3.17. The largest absolute Gasteiger partial charge is 0.508 e. The Labute approximate surface area is 56.9 Å². The highest BCUT2D eigenvalue weighted by Gasteiger charge is 1.91. The smallest absolute Gasteiger partial charge is 0.115 e. The van der Waals surface area contributed by atoms with Crippen molar-refractivity contribution in [3.8, 4) is 5.75 Å². The molecule has 1 rings (SSSR count). The fraction of sp³-hybridized carbons (Fsp3) is 0.143. The number of benzene rings is 1. The van der Waals surface area contributed by atoms with Gasteiger partial charge in [-0.2, -0.15) is 0 Å². The third-order valence-corrected chi connectivity index (χ3v) is 1.90. The zero-order valence-corrected chi connectivity index (χ0v) is 6.41. The summed E-state index contributed by atoms with van der Waals surface area (Å²) in [6.45, 7) is 1.96. The van der Waals surface area contributed by atoms with Crippen LogP contribution >= 0.6 is 9.24 Å². The molecule has 0 saturated heterocycles. The van der Waals surface area contributed by atoms with E-state index in [9.17, 15) is 0 Å². The molecule has 0 bridgehead atoms. The maximum atomic E-state index is 8.93. The number of phenolic OH excluding ortho intramolecular Hbond substituents is 1. The molecule has 0 aliphatic heterocycles. The van der Waals surface area contributed by atoms with Crippen molar-refractivity contribution in [2.45, 2.75) is 6.92 Å². The molecule has 1 atom stereocenters. The average molecular weight is 140 g/mol. The Bertz CT molecular complexity index is 220. The summed E-state index contributed by atoms with van der Waals surface area (Å²) in [6, 6.07) is 5.28. The zero-order valence-electron chi connectivity index (χ0n) is 5.26. The average Bonchev–Trinajstić information content (AvgIpc) is 1.80. The van der Waals surface area contributed by atoms with Crippen molar-refractivity contribution in [1.29, 1.82) is 0 Å². The van der Waals surface area contributed by atoms with Crippen molar-refractivity contribution in [1.82, 2.24) is 0 Å². The minimum atomic E-state index is 0.332. The normalized spacial score (nSPS) is 9.56. The second kappa shape index (κ2) is 2.36. The third kappa shape index (κ3) is 1.43. The first kappa shape index (κ1) is 6.57. The molecular formula is C7H9OP. The monoisotopic (exact) mass is 140 g/mol. The molecule has 0 aliphatic rings. The van der Waals surface area contributed by atoms with Gasteiger partial charge in [-0.1, -0.05) is 6.07 Å². The second-order valence-electron chi connectivity index (χ2n) is 2.04. The van der Waals surface area contributed by atoms with Crippen molar-refractivity contribution in [2.24, 2.45) is 0 Å². The molecule has 1 N–H and O–H groups in total. The summed E-state index contributed by atoms with van der Waals surface area (Å²) in [5.74, 6) is 0.332. The van der Waals surface area contributed by atoms with Gasteiger partial charge >= 0.3 is 0 Å². The van der Waals surface area contributed by atoms with Crippen LogP contribution in [0.25, 0.3) is 0 Å². The highest BCUT2D eigenvalue weighted by molar-refractivity contribution is 7.27. The van der Waals surface area contributed by atoms with Gasteiger partial charge < -0.3 is 5.11 Å². The van der Waals surface area contributed by atoms with E-state index < -0.39 is 0 Å². The number of hydrogen-bond donors (Lipinski definition) is 1. The number of rotatable bonds is 0. The molecule has 0 aromatic heterocycles. The van der Waals surface area contributed by atoms with Gasteiger partial charge in [0.05, 0.1) is 0 Å². The van der Waals surface area contributed by atoms with E-state index >= 15 is 0 Å². The van der Waals surface area contributed by atoms with Gasteiger partial charge in [0.25, 0.3) is 0 Å².